The Bertz CT molecular complexity index is 488. The quantitative estimate of drug-likeness (QED) is 0.708. The standard InChI is InChI=1S/C18H26O/c1-17(2)10-5-11-18(3)15-12-14(19-4)8-6-13(15)7-9-16(17)18/h6,8,12,16H,5,7,9-11H2,1-4H3. The van der Waals surface area contributed by atoms with Gasteiger partial charge in [0, 0.05) is 0 Å². The lowest BCUT2D eigenvalue weighted by atomic mass is 9.50. The molecule has 0 bridgehead atoms. The summed E-state index contributed by atoms with van der Waals surface area (Å²) in [6, 6.07) is 6.72. The van der Waals surface area contributed by atoms with Gasteiger partial charge in [0.1, 0.15) is 5.75 Å². The first-order chi connectivity index (χ1) is 8.97. The van der Waals surface area contributed by atoms with Gasteiger partial charge in [-0.25, -0.2) is 0 Å². The van der Waals surface area contributed by atoms with Crippen LogP contribution in [0.3, 0.4) is 0 Å². The highest BCUT2D eigenvalue weighted by atomic mass is 16.5. The van der Waals surface area contributed by atoms with E-state index >= 15 is 0 Å². The fraction of sp³-hybridized carbons (Fsp3) is 0.667. The molecule has 1 aromatic carbocycles. The first-order valence-electron chi connectivity index (χ1n) is 7.65. The zero-order valence-electron chi connectivity index (χ0n) is 12.8. The number of benzene rings is 1. The summed E-state index contributed by atoms with van der Waals surface area (Å²) >= 11 is 0. The van der Waals surface area contributed by atoms with E-state index in [2.05, 4.69) is 39.0 Å². The minimum Gasteiger partial charge on any atom is -0.497 e. The third-order valence-corrected chi connectivity index (χ3v) is 5.86. The van der Waals surface area contributed by atoms with Crippen molar-refractivity contribution in [3.8, 4) is 5.75 Å². The molecule has 0 N–H and O–H groups in total. The second-order valence-electron chi connectivity index (χ2n) is 7.37. The molecule has 104 valence electrons. The number of ether oxygens (including phenoxy) is 1. The van der Waals surface area contributed by atoms with E-state index in [-0.39, 0.29) is 0 Å². The Labute approximate surface area is 117 Å². The molecule has 2 aliphatic carbocycles. The van der Waals surface area contributed by atoms with Crippen molar-refractivity contribution in [1.29, 1.82) is 0 Å². The molecule has 0 saturated heterocycles. The fourth-order valence-corrected chi connectivity index (χ4v) is 4.89. The normalized spacial score (nSPS) is 32.3. The summed E-state index contributed by atoms with van der Waals surface area (Å²) in [4.78, 5) is 0. The van der Waals surface area contributed by atoms with Gasteiger partial charge in [-0.05, 0) is 65.7 Å². The van der Waals surface area contributed by atoms with Crippen molar-refractivity contribution in [2.45, 2.75) is 58.3 Å². The van der Waals surface area contributed by atoms with Gasteiger partial charge in [0.25, 0.3) is 0 Å². The SMILES string of the molecule is COc1ccc2c(c1)C1(C)CCCC(C)(C)C1CC2. The predicted octanol–water partition coefficient (Wildman–Crippen LogP) is 4.73. The van der Waals surface area contributed by atoms with Crippen LogP contribution in [-0.2, 0) is 11.8 Å². The van der Waals surface area contributed by atoms with Gasteiger partial charge < -0.3 is 4.74 Å². The summed E-state index contributed by atoms with van der Waals surface area (Å²) in [5, 5.41) is 0. The van der Waals surface area contributed by atoms with E-state index in [1.807, 2.05) is 0 Å². The van der Waals surface area contributed by atoms with Crippen LogP contribution in [0.15, 0.2) is 18.2 Å². The molecule has 0 aliphatic heterocycles. The molecule has 2 atom stereocenters. The van der Waals surface area contributed by atoms with Gasteiger partial charge in [-0.1, -0.05) is 33.3 Å². The first-order valence-corrected chi connectivity index (χ1v) is 7.65. The van der Waals surface area contributed by atoms with Gasteiger partial charge in [-0.2, -0.15) is 0 Å². The minimum atomic E-state index is 0.351. The summed E-state index contributed by atoms with van der Waals surface area (Å²) in [7, 11) is 1.77. The van der Waals surface area contributed by atoms with Gasteiger partial charge >= 0.3 is 0 Å². The molecule has 1 aromatic rings. The molecule has 19 heavy (non-hydrogen) atoms. The highest BCUT2D eigenvalue weighted by Gasteiger charge is 2.49. The Kier molecular flexibility index (Phi) is 2.92. The van der Waals surface area contributed by atoms with Crippen molar-refractivity contribution in [2.75, 3.05) is 7.11 Å². The van der Waals surface area contributed by atoms with Crippen molar-refractivity contribution >= 4 is 0 Å². The number of hydrogen-bond acceptors (Lipinski definition) is 1. The smallest absolute Gasteiger partial charge is 0.119 e. The van der Waals surface area contributed by atoms with Gasteiger partial charge in [0.15, 0.2) is 0 Å². The number of rotatable bonds is 1. The summed E-state index contributed by atoms with van der Waals surface area (Å²) < 4.78 is 5.46. The Morgan fingerprint density at radius 3 is 2.68 bits per heavy atom. The topological polar surface area (TPSA) is 9.23 Å². The molecule has 1 nitrogen and oxygen atoms in total. The van der Waals surface area contributed by atoms with Crippen molar-refractivity contribution in [1.82, 2.24) is 0 Å². The maximum absolute atomic E-state index is 5.46. The number of fused-ring (bicyclic) bond motifs is 3. The number of methoxy groups -OCH3 is 1. The Balaban J connectivity index is 2.11. The van der Waals surface area contributed by atoms with Crippen LogP contribution in [0.4, 0.5) is 0 Å². The first kappa shape index (κ1) is 13.0. The zero-order chi connectivity index (χ0) is 13.7. The van der Waals surface area contributed by atoms with Crippen LogP contribution < -0.4 is 4.74 Å². The van der Waals surface area contributed by atoms with E-state index in [4.69, 9.17) is 4.74 Å². The molecule has 0 spiro atoms. The largest absolute Gasteiger partial charge is 0.497 e. The van der Waals surface area contributed by atoms with E-state index in [0.717, 1.165) is 11.7 Å². The molecule has 1 fully saturated rings. The van der Waals surface area contributed by atoms with Crippen molar-refractivity contribution < 1.29 is 4.74 Å². The molecule has 1 saturated carbocycles. The molecule has 2 aliphatic rings. The van der Waals surface area contributed by atoms with Crippen LogP contribution >= 0.6 is 0 Å². The maximum atomic E-state index is 5.46. The van der Waals surface area contributed by atoms with Crippen molar-refractivity contribution in [3.05, 3.63) is 29.3 Å². The second kappa shape index (κ2) is 4.26. The van der Waals surface area contributed by atoms with Crippen LogP contribution in [-0.4, -0.2) is 7.11 Å². The Hall–Kier alpha value is -0.980. The predicted molar refractivity (Wildman–Crippen MR) is 79.8 cm³/mol. The van der Waals surface area contributed by atoms with E-state index in [9.17, 15) is 0 Å². The van der Waals surface area contributed by atoms with Gasteiger partial charge in [-0.15, -0.1) is 0 Å². The minimum absolute atomic E-state index is 0.351. The van der Waals surface area contributed by atoms with Crippen LogP contribution in [0.25, 0.3) is 0 Å². The monoisotopic (exact) mass is 258 g/mol. The summed E-state index contributed by atoms with van der Waals surface area (Å²) in [5.41, 5.74) is 3.95. The van der Waals surface area contributed by atoms with E-state index < -0.39 is 0 Å². The zero-order valence-corrected chi connectivity index (χ0v) is 12.8. The Morgan fingerprint density at radius 1 is 1.16 bits per heavy atom. The summed E-state index contributed by atoms with van der Waals surface area (Å²) in [5.74, 6) is 1.83. The molecular formula is C18H26O. The number of aryl methyl sites for hydroxylation is 1. The van der Waals surface area contributed by atoms with Crippen LogP contribution in [0, 0.1) is 11.3 Å². The van der Waals surface area contributed by atoms with Crippen molar-refractivity contribution in [3.63, 3.8) is 0 Å². The second-order valence-corrected chi connectivity index (χ2v) is 7.37. The fourth-order valence-electron chi connectivity index (χ4n) is 4.89. The van der Waals surface area contributed by atoms with Gasteiger partial charge in [-0.3, -0.25) is 0 Å². The highest BCUT2D eigenvalue weighted by Crippen LogP contribution is 2.57. The van der Waals surface area contributed by atoms with Gasteiger partial charge in [0.2, 0.25) is 0 Å². The summed E-state index contributed by atoms with van der Waals surface area (Å²) in [6.07, 6.45) is 6.66. The molecular weight excluding hydrogens is 232 g/mol. The highest BCUT2D eigenvalue weighted by molar-refractivity contribution is 5.43. The molecule has 3 rings (SSSR count). The molecule has 0 radical (unpaired) electrons. The summed E-state index contributed by atoms with van der Waals surface area (Å²) in [6.45, 7) is 7.44. The average molecular weight is 258 g/mol. The van der Waals surface area contributed by atoms with Crippen LogP contribution in [0.2, 0.25) is 0 Å². The molecule has 0 amide bonds. The molecule has 0 heterocycles. The molecule has 2 unspecified atom stereocenters. The Morgan fingerprint density at radius 2 is 1.95 bits per heavy atom. The molecule has 0 aromatic heterocycles. The van der Waals surface area contributed by atoms with Crippen molar-refractivity contribution in [2.24, 2.45) is 11.3 Å². The lowest BCUT2D eigenvalue weighted by Gasteiger charge is -2.54. The lowest BCUT2D eigenvalue weighted by Crippen LogP contribution is -2.47. The van der Waals surface area contributed by atoms with E-state index in [0.29, 0.717) is 10.8 Å². The van der Waals surface area contributed by atoms with E-state index in [1.54, 1.807) is 18.2 Å². The lowest BCUT2D eigenvalue weighted by molar-refractivity contribution is 0.0406. The van der Waals surface area contributed by atoms with Gasteiger partial charge in [0.05, 0.1) is 7.11 Å². The van der Waals surface area contributed by atoms with Crippen LogP contribution in [0.5, 0.6) is 5.75 Å². The average Bonchev–Trinajstić information content (AvgIpc) is 2.37. The third-order valence-electron chi connectivity index (χ3n) is 5.86. The molecule has 1 heteroatoms. The van der Waals surface area contributed by atoms with E-state index in [1.165, 1.54) is 32.1 Å². The maximum Gasteiger partial charge on any atom is 0.119 e. The van der Waals surface area contributed by atoms with Crippen LogP contribution in [0.1, 0.15) is 57.6 Å². The third kappa shape index (κ3) is 1.89. The number of hydrogen-bond donors (Lipinski definition) is 0.